The SMILES string of the molecule is CC1CCC(NC(=O)COC2(C)CNC2)C1C. The second kappa shape index (κ2) is 4.94. The number of rotatable bonds is 4. The van der Waals surface area contributed by atoms with Crippen molar-refractivity contribution in [2.45, 2.75) is 45.3 Å². The molecule has 0 aromatic rings. The molecule has 1 aliphatic carbocycles. The first-order valence-electron chi connectivity index (χ1n) is 6.64. The van der Waals surface area contributed by atoms with Gasteiger partial charge in [0.2, 0.25) is 5.91 Å². The van der Waals surface area contributed by atoms with E-state index in [1.54, 1.807) is 0 Å². The Labute approximate surface area is 103 Å². The summed E-state index contributed by atoms with van der Waals surface area (Å²) in [5, 5.41) is 6.25. The van der Waals surface area contributed by atoms with Gasteiger partial charge < -0.3 is 15.4 Å². The zero-order chi connectivity index (χ0) is 12.5. The fraction of sp³-hybridized carbons (Fsp3) is 0.923. The Balaban J connectivity index is 1.70. The molecule has 2 fully saturated rings. The van der Waals surface area contributed by atoms with Crippen LogP contribution in [0.2, 0.25) is 0 Å². The molecule has 1 amide bonds. The fourth-order valence-electron chi connectivity index (χ4n) is 2.64. The average molecular weight is 240 g/mol. The molecule has 1 saturated heterocycles. The van der Waals surface area contributed by atoms with Crippen LogP contribution in [0.4, 0.5) is 0 Å². The Morgan fingerprint density at radius 2 is 2.12 bits per heavy atom. The lowest BCUT2D eigenvalue weighted by atomic mass is 9.98. The van der Waals surface area contributed by atoms with Crippen LogP contribution in [0.5, 0.6) is 0 Å². The molecule has 4 nitrogen and oxygen atoms in total. The molecular formula is C13H24N2O2. The molecular weight excluding hydrogens is 216 g/mol. The largest absolute Gasteiger partial charge is 0.363 e. The maximum Gasteiger partial charge on any atom is 0.246 e. The number of hydrogen-bond donors (Lipinski definition) is 2. The van der Waals surface area contributed by atoms with Gasteiger partial charge in [0.15, 0.2) is 0 Å². The molecule has 1 saturated carbocycles. The summed E-state index contributed by atoms with van der Waals surface area (Å²) in [4.78, 5) is 11.8. The number of carbonyl (C=O) groups excluding carboxylic acids is 1. The lowest BCUT2D eigenvalue weighted by Gasteiger charge is -2.38. The monoisotopic (exact) mass is 240 g/mol. The molecule has 0 spiro atoms. The second-order valence-corrected chi connectivity index (χ2v) is 5.93. The Bertz CT molecular complexity index is 289. The normalized spacial score (nSPS) is 35.4. The maximum atomic E-state index is 11.8. The van der Waals surface area contributed by atoms with Crippen LogP contribution in [-0.4, -0.2) is 37.2 Å². The maximum absolute atomic E-state index is 11.8. The average Bonchev–Trinajstić information content (AvgIpc) is 2.56. The highest BCUT2D eigenvalue weighted by Crippen LogP contribution is 2.31. The minimum absolute atomic E-state index is 0.0316. The van der Waals surface area contributed by atoms with Crippen molar-refractivity contribution in [3.8, 4) is 0 Å². The second-order valence-electron chi connectivity index (χ2n) is 5.93. The van der Waals surface area contributed by atoms with E-state index in [0.29, 0.717) is 12.0 Å². The van der Waals surface area contributed by atoms with Gasteiger partial charge in [0.1, 0.15) is 6.61 Å². The Morgan fingerprint density at radius 1 is 1.41 bits per heavy atom. The Morgan fingerprint density at radius 3 is 2.59 bits per heavy atom. The molecule has 3 unspecified atom stereocenters. The minimum atomic E-state index is -0.133. The van der Waals surface area contributed by atoms with Gasteiger partial charge in [-0.1, -0.05) is 13.8 Å². The van der Waals surface area contributed by atoms with Crippen molar-refractivity contribution in [1.82, 2.24) is 10.6 Å². The first-order chi connectivity index (χ1) is 8.00. The van der Waals surface area contributed by atoms with Crippen LogP contribution >= 0.6 is 0 Å². The third-order valence-corrected chi connectivity index (χ3v) is 4.36. The van der Waals surface area contributed by atoms with Crippen molar-refractivity contribution in [3.05, 3.63) is 0 Å². The van der Waals surface area contributed by atoms with Gasteiger partial charge in [-0.3, -0.25) is 4.79 Å². The predicted octanol–water partition coefficient (Wildman–Crippen LogP) is 0.916. The molecule has 0 radical (unpaired) electrons. The van der Waals surface area contributed by atoms with Gasteiger partial charge >= 0.3 is 0 Å². The summed E-state index contributed by atoms with van der Waals surface area (Å²) in [5.41, 5.74) is -0.133. The fourth-order valence-corrected chi connectivity index (χ4v) is 2.64. The van der Waals surface area contributed by atoms with Crippen molar-refractivity contribution in [3.63, 3.8) is 0 Å². The van der Waals surface area contributed by atoms with E-state index in [1.807, 2.05) is 6.92 Å². The van der Waals surface area contributed by atoms with E-state index in [9.17, 15) is 4.79 Å². The highest BCUT2D eigenvalue weighted by Gasteiger charge is 2.34. The Kier molecular flexibility index (Phi) is 3.73. The molecule has 0 aromatic carbocycles. The van der Waals surface area contributed by atoms with E-state index in [0.717, 1.165) is 25.4 Å². The third-order valence-electron chi connectivity index (χ3n) is 4.36. The molecule has 1 heterocycles. The Hall–Kier alpha value is -0.610. The molecule has 4 heteroatoms. The first-order valence-corrected chi connectivity index (χ1v) is 6.64. The van der Waals surface area contributed by atoms with Crippen molar-refractivity contribution in [2.24, 2.45) is 11.8 Å². The van der Waals surface area contributed by atoms with E-state index in [2.05, 4.69) is 24.5 Å². The van der Waals surface area contributed by atoms with Crippen LogP contribution in [0.25, 0.3) is 0 Å². The van der Waals surface area contributed by atoms with Crippen LogP contribution in [0.1, 0.15) is 33.6 Å². The first kappa shape index (κ1) is 12.8. The van der Waals surface area contributed by atoms with Crippen LogP contribution in [0.3, 0.4) is 0 Å². The van der Waals surface area contributed by atoms with Crippen molar-refractivity contribution in [1.29, 1.82) is 0 Å². The summed E-state index contributed by atoms with van der Waals surface area (Å²) in [5.74, 6) is 1.33. The van der Waals surface area contributed by atoms with Gasteiger partial charge in [0.05, 0.1) is 5.60 Å². The van der Waals surface area contributed by atoms with Crippen LogP contribution in [0, 0.1) is 11.8 Å². The number of carbonyl (C=O) groups is 1. The molecule has 17 heavy (non-hydrogen) atoms. The molecule has 0 aromatic heterocycles. The van der Waals surface area contributed by atoms with Gasteiger partial charge in [0.25, 0.3) is 0 Å². The molecule has 2 aliphatic rings. The van der Waals surface area contributed by atoms with Gasteiger partial charge in [-0.2, -0.15) is 0 Å². The summed E-state index contributed by atoms with van der Waals surface area (Å²) in [7, 11) is 0. The zero-order valence-electron chi connectivity index (χ0n) is 11.1. The number of ether oxygens (including phenoxy) is 1. The van der Waals surface area contributed by atoms with Crippen molar-refractivity contribution in [2.75, 3.05) is 19.7 Å². The third kappa shape index (κ3) is 2.99. The van der Waals surface area contributed by atoms with Gasteiger partial charge in [-0.15, -0.1) is 0 Å². The smallest absolute Gasteiger partial charge is 0.246 e. The topological polar surface area (TPSA) is 50.4 Å². The predicted molar refractivity (Wildman–Crippen MR) is 66.7 cm³/mol. The zero-order valence-corrected chi connectivity index (χ0v) is 11.1. The summed E-state index contributed by atoms with van der Waals surface area (Å²) in [6, 6.07) is 0.341. The van der Waals surface area contributed by atoms with Crippen molar-refractivity contribution < 1.29 is 9.53 Å². The van der Waals surface area contributed by atoms with Gasteiger partial charge in [0, 0.05) is 19.1 Å². The standard InChI is InChI=1S/C13H24N2O2/c1-9-4-5-11(10(9)2)15-12(16)6-17-13(3)7-14-8-13/h9-11,14H,4-8H2,1-3H3,(H,15,16). The van der Waals surface area contributed by atoms with E-state index in [4.69, 9.17) is 4.74 Å². The highest BCUT2D eigenvalue weighted by atomic mass is 16.5. The molecule has 98 valence electrons. The minimum Gasteiger partial charge on any atom is -0.363 e. The van der Waals surface area contributed by atoms with Gasteiger partial charge in [-0.05, 0) is 31.6 Å². The van der Waals surface area contributed by atoms with Crippen LogP contribution in [-0.2, 0) is 9.53 Å². The van der Waals surface area contributed by atoms with Crippen molar-refractivity contribution >= 4 is 5.91 Å². The number of nitrogens with one attached hydrogen (secondary N) is 2. The molecule has 1 aliphatic heterocycles. The van der Waals surface area contributed by atoms with Gasteiger partial charge in [-0.25, -0.2) is 0 Å². The molecule has 2 N–H and O–H groups in total. The molecule has 2 rings (SSSR count). The van der Waals surface area contributed by atoms with E-state index >= 15 is 0 Å². The molecule has 3 atom stereocenters. The van der Waals surface area contributed by atoms with E-state index in [1.165, 1.54) is 6.42 Å². The van der Waals surface area contributed by atoms with Crippen LogP contribution < -0.4 is 10.6 Å². The highest BCUT2D eigenvalue weighted by molar-refractivity contribution is 5.77. The lowest BCUT2D eigenvalue weighted by Crippen LogP contribution is -2.59. The number of amides is 1. The summed E-state index contributed by atoms with van der Waals surface area (Å²) in [6.45, 7) is 8.40. The van der Waals surface area contributed by atoms with E-state index in [-0.39, 0.29) is 18.1 Å². The van der Waals surface area contributed by atoms with E-state index < -0.39 is 0 Å². The lowest BCUT2D eigenvalue weighted by molar-refractivity contribution is -0.136. The quantitative estimate of drug-likeness (QED) is 0.768. The summed E-state index contributed by atoms with van der Waals surface area (Å²) in [6.07, 6.45) is 2.32. The van der Waals surface area contributed by atoms with Crippen LogP contribution in [0.15, 0.2) is 0 Å². The molecule has 0 bridgehead atoms. The summed E-state index contributed by atoms with van der Waals surface area (Å²) < 4.78 is 5.63. The summed E-state index contributed by atoms with van der Waals surface area (Å²) >= 11 is 0. The number of hydrogen-bond acceptors (Lipinski definition) is 3.